The third-order valence-corrected chi connectivity index (χ3v) is 3.94. The number of ketones is 1. The first kappa shape index (κ1) is 19.2. The molecular formula is C19H28N2O4. The van der Waals surface area contributed by atoms with Crippen molar-refractivity contribution in [1.82, 2.24) is 10.2 Å². The zero-order valence-electron chi connectivity index (χ0n) is 15.5. The number of hydrogen-bond donors (Lipinski definition) is 1. The van der Waals surface area contributed by atoms with E-state index in [0.717, 1.165) is 13.1 Å². The number of ether oxygens (including phenoxy) is 2. The molecule has 0 saturated carbocycles. The smallest absolute Gasteiger partial charge is 0.410 e. The average Bonchev–Trinajstić information content (AvgIpc) is 2.54. The van der Waals surface area contributed by atoms with Crippen LogP contribution in [-0.4, -0.2) is 54.7 Å². The first-order chi connectivity index (χ1) is 11.8. The van der Waals surface area contributed by atoms with Crippen LogP contribution >= 0.6 is 0 Å². The molecule has 1 fully saturated rings. The average molecular weight is 348 g/mol. The lowest BCUT2D eigenvalue weighted by atomic mass is 10.1. The number of nitrogens with zero attached hydrogens (tertiary/aromatic N) is 1. The molecule has 1 atom stereocenters. The predicted octanol–water partition coefficient (Wildman–Crippen LogP) is 2.87. The van der Waals surface area contributed by atoms with Crippen LogP contribution in [-0.2, 0) is 4.74 Å². The number of carbonyl (C=O) groups is 2. The number of nitrogens with one attached hydrogen (secondary N) is 1. The van der Waals surface area contributed by atoms with Crippen LogP contribution in [0.5, 0.6) is 5.75 Å². The van der Waals surface area contributed by atoms with Gasteiger partial charge >= 0.3 is 6.09 Å². The monoisotopic (exact) mass is 348 g/mol. The van der Waals surface area contributed by atoms with E-state index in [0.29, 0.717) is 30.9 Å². The van der Waals surface area contributed by atoms with Crippen LogP contribution in [0.25, 0.3) is 0 Å². The highest BCUT2D eigenvalue weighted by Gasteiger charge is 2.30. The molecule has 1 N–H and O–H groups in total. The topological polar surface area (TPSA) is 67.9 Å². The first-order valence-corrected chi connectivity index (χ1v) is 8.70. The Labute approximate surface area is 149 Å². The molecule has 1 aromatic rings. The van der Waals surface area contributed by atoms with E-state index in [2.05, 4.69) is 5.32 Å². The van der Waals surface area contributed by atoms with Crippen molar-refractivity contribution in [2.75, 3.05) is 26.2 Å². The van der Waals surface area contributed by atoms with E-state index in [-0.39, 0.29) is 17.9 Å². The molecule has 2 rings (SSSR count). The lowest BCUT2D eigenvalue weighted by molar-refractivity contribution is 0.00984. The fourth-order valence-electron chi connectivity index (χ4n) is 2.70. The fraction of sp³-hybridized carbons (Fsp3) is 0.579. The molecule has 1 unspecified atom stereocenters. The van der Waals surface area contributed by atoms with Gasteiger partial charge in [0, 0.05) is 31.6 Å². The van der Waals surface area contributed by atoms with Crippen molar-refractivity contribution >= 4 is 11.9 Å². The van der Waals surface area contributed by atoms with Gasteiger partial charge in [-0.2, -0.15) is 0 Å². The number of Topliss-reactive ketones (excluding diaryl/α,β-unsaturated/α-hetero) is 1. The molecular weight excluding hydrogens is 320 g/mol. The lowest BCUT2D eigenvalue weighted by Gasteiger charge is -2.37. The maximum Gasteiger partial charge on any atom is 0.410 e. The van der Waals surface area contributed by atoms with Crippen LogP contribution in [0.1, 0.15) is 44.5 Å². The summed E-state index contributed by atoms with van der Waals surface area (Å²) in [7, 11) is 0. The Hall–Kier alpha value is -2.08. The Morgan fingerprint density at radius 1 is 1.32 bits per heavy atom. The summed E-state index contributed by atoms with van der Waals surface area (Å²) >= 11 is 0. The SMILES string of the molecule is CC(=O)c1cccc(OCCC2CNCCN2C(=O)OC(C)(C)C)c1. The van der Waals surface area contributed by atoms with Gasteiger partial charge in [0.1, 0.15) is 11.4 Å². The standard InChI is InChI=1S/C19H28N2O4/c1-14(22)15-6-5-7-17(12-15)24-11-8-16-13-20-9-10-21(16)18(23)25-19(2,3)4/h5-7,12,16,20H,8-11,13H2,1-4H3. The van der Waals surface area contributed by atoms with Gasteiger partial charge in [0.05, 0.1) is 12.6 Å². The highest BCUT2D eigenvalue weighted by Crippen LogP contribution is 2.17. The zero-order valence-corrected chi connectivity index (χ0v) is 15.5. The third-order valence-electron chi connectivity index (χ3n) is 3.94. The van der Waals surface area contributed by atoms with Crippen molar-refractivity contribution in [3.8, 4) is 5.75 Å². The molecule has 6 nitrogen and oxygen atoms in total. The van der Waals surface area contributed by atoms with Crippen LogP contribution < -0.4 is 10.1 Å². The van der Waals surface area contributed by atoms with Crippen molar-refractivity contribution in [3.63, 3.8) is 0 Å². The molecule has 25 heavy (non-hydrogen) atoms. The summed E-state index contributed by atoms with van der Waals surface area (Å²) in [6, 6.07) is 7.18. The van der Waals surface area contributed by atoms with Crippen molar-refractivity contribution in [3.05, 3.63) is 29.8 Å². The lowest BCUT2D eigenvalue weighted by Crippen LogP contribution is -2.55. The van der Waals surface area contributed by atoms with E-state index >= 15 is 0 Å². The summed E-state index contributed by atoms with van der Waals surface area (Å²) in [6.45, 7) is 9.71. The fourth-order valence-corrected chi connectivity index (χ4v) is 2.70. The molecule has 0 spiro atoms. The van der Waals surface area contributed by atoms with Crippen LogP contribution in [0.3, 0.4) is 0 Å². The Balaban J connectivity index is 1.90. The van der Waals surface area contributed by atoms with E-state index in [4.69, 9.17) is 9.47 Å². The van der Waals surface area contributed by atoms with Crippen LogP contribution in [0, 0.1) is 0 Å². The normalized spacial score (nSPS) is 17.9. The van der Waals surface area contributed by atoms with Gasteiger partial charge in [0.15, 0.2) is 5.78 Å². The summed E-state index contributed by atoms with van der Waals surface area (Å²) in [4.78, 5) is 25.6. The Morgan fingerprint density at radius 2 is 2.08 bits per heavy atom. The summed E-state index contributed by atoms with van der Waals surface area (Å²) in [5.74, 6) is 0.679. The maximum atomic E-state index is 12.4. The largest absolute Gasteiger partial charge is 0.493 e. The third kappa shape index (κ3) is 6.05. The molecule has 138 valence electrons. The Bertz CT molecular complexity index is 610. The van der Waals surface area contributed by atoms with E-state index in [9.17, 15) is 9.59 Å². The minimum atomic E-state index is -0.504. The van der Waals surface area contributed by atoms with Crippen molar-refractivity contribution in [2.45, 2.75) is 45.8 Å². The molecule has 1 saturated heterocycles. The van der Waals surface area contributed by atoms with Crippen LogP contribution in [0.4, 0.5) is 4.79 Å². The summed E-state index contributed by atoms with van der Waals surface area (Å²) in [5, 5.41) is 3.31. The molecule has 1 aliphatic rings. The summed E-state index contributed by atoms with van der Waals surface area (Å²) in [5.41, 5.74) is 0.128. The van der Waals surface area contributed by atoms with Gasteiger partial charge in [0.25, 0.3) is 0 Å². The number of benzene rings is 1. The molecule has 0 aromatic heterocycles. The van der Waals surface area contributed by atoms with Gasteiger partial charge in [-0.3, -0.25) is 4.79 Å². The summed E-state index contributed by atoms with van der Waals surface area (Å²) in [6.07, 6.45) is 0.411. The predicted molar refractivity (Wildman–Crippen MR) is 96.2 cm³/mol. The van der Waals surface area contributed by atoms with Gasteiger partial charge in [-0.15, -0.1) is 0 Å². The molecule has 0 aliphatic carbocycles. The minimum Gasteiger partial charge on any atom is -0.493 e. The van der Waals surface area contributed by atoms with Gasteiger partial charge < -0.3 is 19.7 Å². The number of piperazine rings is 1. The second-order valence-electron chi connectivity index (χ2n) is 7.25. The second-order valence-corrected chi connectivity index (χ2v) is 7.25. The molecule has 0 bridgehead atoms. The number of amides is 1. The quantitative estimate of drug-likeness (QED) is 0.829. The molecule has 1 aromatic carbocycles. The van der Waals surface area contributed by atoms with Crippen molar-refractivity contribution in [1.29, 1.82) is 0 Å². The number of rotatable bonds is 5. The molecule has 1 amide bonds. The Kier molecular flexibility index (Phi) is 6.42. The molecule has 1 aliphatic heterocycles. The van der Waals surface area contributed by atoms with Crippen molar-refractivity contribution < 1.29 is 19.1 Å². The maximum absolute atomic E-state index is 12.4. The van der Waals surface area contributed by atoms with E-state index in [1.807, 2.05) is 26.8 Å². The van der Waals surface area contributed by atoms with Crippen LogP contribution in [0.2, 0.25) is 0 Å². The minimum absolute atomic E-state index is 0.0121. The van der Waals surface area contributed by atoms with Gasteiger partial charge in [-0.25, -0.2) is 4.79 Å². The summed E-state index contributed by atoms with van der Waals surface area (Å²) < 4.78 is 11.3. The van der Waals surface area contributed by atoms with Gasteiger partial charge in [-0.1, -0.05) is 12.1 Å². The van der Waals surface area contributed by atoms with E-state index in [1.54, 1.807) is 23.1 Å². The second kappa shape index (κ2) is 8.34. The molecule has 6 heteroatoms. The Morgan fingerprint density at radius 3 is 2.76 bits per heavy atom. The van der Waals surface area contributed by atoms with Gasteiger partial charge in [-0.05, 0) is 39.8 Å². The van der Waals surface area contributed by atoms with E-state index < -0.39 is 5.60 Å². The highest BCUT2D eigenvalue weighted by molar-refractivity contribution is 5.94. The number of carbonyl (C=O) groups excluding carboxylic acids is 2. The zero-order chi connectivity index (χ0) is 18.4. The van der Waals surface area contributed by atoms with Crippen LogP contribution in [0.15, 0.2) is 24.3 Å². The molecule has 0 radical (unpaired) electrons. The first-order valence-electron chi connectivity index (χ1n) is 8.70. The number of hydrogen-bond acceptors (Lipinski definition) is 5. The highest BCUT2D eigenvalue weighted by atomic mass is 16.6. The van der Waals surface area contributed by atoms with Gasteiger partial charge in [0.2, 0.25) is 0 Å². The molecule has 1 heterocycles. The van der Waals surface area contributed by atoms with Crippen molar-refractivity contribution in [2.24, 2.45) is 0 Å². The van der Waals surface area contributed by atoms with E-state index in [1.165, 1.54) is 6.92 Å².